The van der Waals surface area contributed by atoms with Crippen molar-refractivity contribution in [2.24, 2.45) is 12.2 Å². The Hall–Kier alpha value is -2.98. The number of carbonyl (C=O) groups is 1. The number of halogens is 6. The minimum Gasteiger partial charge on any atom is -0.417 e. The molecule has 0 spiro atoms. The topological polar surface area (TPSA) is 112 Å². The van der Waals surface area contributed by atoms with Crippen molar-refractivity contribution in [3.05, 3.63) is 40.6 Å². The molecule has 2 heterocycles. The highest BCUT2D eigenvalue weighted by molar-refractivity contribution is 8.05. The van der Waals surface area contributed by atoms with Gasteiger partial charge in [0.15, 0.2) is 20.6 Å². The normalized spacial score (nSPS) is 14.6. The lowest BCUT2D eigenvalue weighted by molar-refractivity contribution is -0.142. The molecule has 0 N–H and O–H groups in total. The first-order valence-electron chi connectivity index (χ1n) is 13.0. The number of alkyl halides is 6. The van der Waals surface area contributed by atoms with Crippen molar-refractivity contribution in [2.75, 3.05) is 24.1 Å². The van der Waals surface area contributed by atoms with Crippen molar-refractivity contribution in [3.8, 4) is 5.88 Å². The number of sulfone groups is 1. The Balaban J connectivity index is 0.000000317. The van der Waals surface area contributed by atoms with Crippen LogP contribution in [0, 0.1) is 6.92 Å². The number of aromatic nitrogens is 2. The molecular weight excluding hydrogens is 627 g/mol. The fraction of sp³-hybridized carbons (Fsp3) is 0.577. The summed E-state index contributed by atoms with van der Waals surface area (Å²) in [5.74, 6) is -2.40. The van der Waals surface area contributed by atoms with E-state index in [0.29, 0.717) is 11.3 Å². The third-order valence-corrected chi connectivity index (χ3v) is 7.87. The van der Waals surface area contributed by atoms with Gasteiger partial charge in [-0.2, -0.15) is 27.1 Å². The monoisotopic (exact) mass is 660 g/mol. The molecule has 0 aliphatic carbocycles. The number of anilines is 1. The average Bonchev–Trinajstić information content (AvgIpc) is 3.43. The van der Waals surface area contributed by atoms with Crippen LogP contribution in [0.2, 0.25) is 0 Å². The molecule has 1 aromatic carbocycles. The van der Waals surface area contributed by atoms with E-state index in [1.54, 1.807) is 4.90 Å². The zero-order valence-electron chi connectivity index (χ0n) is 24.5. The molecule has 0 radical (unpaired) electrons. The molecule has 0 saturated heterocycles. The molecular formula is C26H34ClF5N4O6S. The van der Waals surface area contributed by atoms with Crippen LogP contribution >= 0.6 is 11.6 Å². The summed E-state index contributed by atoms with van der Waals surface area (Å²) in [6, 6.07) is 6.03. The van der Waals surface area contributed by atoms with E-state index in [1.165, 1.54) is 13.8 Å². The smallest absolute Gasteiger partial charge is 0.417 e. The molecule has 2 aromatic rings. The summed E-state index contributed by atoms with van der Waals surface area (Å²) in [6.07, 6.45) is -4.35. The second kappa shape index (κ2) is 14.7. The number of rotatable bonds is 10. The van der Waals surface area contributed by atoms with E-state index in [4.69, 9.17) is 21.2 Å². The van der Waals surface area contributed by atoms with Crippen molar-refractivity contribution < 1.29 is 49.5 Å². The summed E-state index contributed by atoms with van der Waals surface area (Å²) in [7, 11) is -3.43. The fourth-order valence-corrected chi connectivity index (χ4v) is 5.76. The summed E-state index contributed by atoms with van der Waals surface area (Å²) >= 11 is 5.68. The van der Waals surface area contributed by atoms with Gasteiger partial charge in [0.1, 0.15) is 18.2 Å². The third kappa shape index (κ3) is 9.50. The van der Waals surface area contributed by atoms with Gasteiger partial charge in [-0.1, -0.05) is 30.3 Å². The Labute approximate surface area is 251 Å². The van der Waals surface area contributed by atoms with Crippen LogP contribution in [0.4, 0.5) is 27.6 Å². The Bertz CT molecular complexity index is 1410. The summed E-state index contributed by atoms with van der Waals surface area (Å²) in [5, 5.41) is 5.97. The molecule has 1 aliphatic heterocycles. The van der Waals surface area contributed by atoms with Crippen LogP contribution in [-0.2, 0) is 49.6 Å². The molecule has 10 nitrogen and oxygen atoms in total. The van der Waals surface area contributed by atoms with Crippen LogP contribution in [0.5, 0.6) is 5.88 Å². The van der Waals surface area contributed by atoms with E-state index in [-0.39, 0.29) is 24.9 Å². The Kier molecular flexibility index (Phi) is 12.3. The van der Waals surface area contributed by atoms with Gasteiger partial charge < -0.3 is 14.3 Å². The second-order valence-electron chi connectivity index (χ2n) is 9.92. The predicted molar refractivity (Wildman–Crippen MR) is 150 cm³/mol. The van der Waals surface area contributed by atoms with Crippen molar-refractivity contribution in [1.29, 1.82) is 0 Å². The highest BCUT2D eigenvalue weighted by Gasteiger charge is 2.43. The quantitative estimate of drug-likeness (QED) is 0.186. The number of benzene rings is 1. The maximum absolute atomic E-state index is 13.1. The Morgan fingerprint density at radius 1 is 1.26 bits per heavy atom. The summed E-state index contributed by atoms with van der Waals surface area (Å²) < 4.78 is 98.8. The van der Waals surface area contributed by atoms with Gasteiger partial charge in [-0.15, -0.1) is 11.6 Å². The lowest BCUT2D eigenvalue weighted by atomic mass is 10.0. The molecule has 0 unspecified atom stereocenters. The number of hydrogen-bond acceptors (Lipinski definition) is 8. The number of para-hydroxylation sites is 1. The highest BCUT2D eigenvalue weighted by atomic mass is 35.5. The van der Waals surface area contributed by atoms with Crippen molar-refractivity contribution >= 4 is 38.1 Å². The molecule has 0 bridgehead atoms. The highest BCUT2D eigenvalue weighted by Crippen LogP contribution is 2.38. The van der Waals surface area contributed by atoms with Gasteiger partial charge in [0.2, 0.25) is 11.8 Å². The summed E-state index contributed by atoms with van der Waals surface area (Å²) in [5.41, 5.74) is -0.442. The number of aryl methyl sites for hydroxylation is 3. The number of carbonyl (C=O) groups excluding carboxylic acids is 1. The van der Waals surface area contributed by atoms with E-state index in [1.807, 2.05) is 32.0 Å². The Morgan fingerprint density at radius 2 is 1.91 bits per heavy atom. The molecule has 3 rings (SSSR count). The van der Waals surface area contributed by atoms with Crippen LogP contribution < -0.4 is 9.64 Å². The van der Waals surface area contributed by atoms with Crippen molar-refractivity contribution in [1.82, 2.24) is 9.78 Å². The number of hydrogen-bond donors (Lipinski definition) is 0. The molecule has 1 amide bonds. The number of ether oxygens (including phenoxy) is 2. The minimum absolute atomic E-state index is 0.0371. The summed E-state index contributed by atoms with van der Waals surface area (Å²) in [6.45, 7) is 6.41. The van der Waals surface area contributed by atoms with E-state index in [2.05, 4.69) is 21.9 Å². The maximum Gasteiger partial charge on any atom is 0.435 e. The fourth-order valence-electron chi connectivity index (χ4n) is 4.09. The number of amides is 1. The maximum atomic E-state index is 13.1. The number of oxime groups is 1. The largest absolute Gasteiger partial charge is 0.435 e. The van der Waals surface area contributed by atoms with E-state index >= 15 is 0 Å². The van der Waals surface area contributed by atoms with Crippen LogP contribution in [0.1, 0.15) is 56.5 Å². The molecule has 1 aromatic heterocycles. The van der Waals surface area contributed by atoms with Crippen LogP contribution in [0.25, 0.3) is 0 Å². The zero-order valence-corrected chi connectivity index (χ0v) is 26.0. The molecule has 0 saturated carbocycles. The molecule has 17 heteroatoms. The molecule has 1 aliphatic rings. The zero-order chi connectivity index (χ0) is 32.8. The van der Waals surface area contributed by atoms with Gasteiger partial charge >= 0.3 is 12.8 Å². The third-order valence-electron chi connectivity index (χ3n) is 6.03. The second-order valence-corrected chi connectivity index (χ2v) is 12.2. The predicted octanol–water partition coefficient (Wildman–Crippen LogP) is 5.59. The lowest BCUT2D eigenvalue weighted by Crippen LogP contribution is -2.35. The first kappa shape index (κ1) is 36.2. The summed E-state index contributed by atoms with van der Waals surface area (Å²) in [4.78, 5) is 18.5. The molecule has 0 fully saturated rings. The van der Waals surface area contributed by atoms with Gasteiger partial charge in [-0.05, 0) is 45.2 Å². The van der Waals surface area contributed by atoms with Crippen molar-refractivity contribution in [2.45, 2.75) is 71.6 Å². The standard InChI is InChI=1S/C14H20ClNO2.C12H14F5N3O4S/c1-4-12-8-6-7-11(3)14(12)16(10-18-5-2)13(17)9-15;1-11(2)4-7(19-24-11)25(21,22)5-6-8(12(15,16)17)18-20(3)9(6)23-10(13)14/h6-8H,4-5,9-10H2,1-3H3;10H,4-5H2,1-3H3. The van der Waals surface area contributed by atoms with Gasteiger partial charge in [-0.25, -0.2) is 13.1 Å². The average molecular weight is 661 g/mol. The van der Waals surface area contributed by atoms with E-state index < -0.39 is 56.2 Å². The van der Waals surface area contributed by atoms with Gasteiger partial charge in [0.05, 0.1) is 17.0 Å². The van der Waals surface area contributed by atoms with Crippen LogP contribution in [0.3, 0.4) is 0 Å². The molecule has 0 atom stereocenters. The van der Waals surface area contributed by atoms with Gasteiger partial charge in [0.25, 0.3) is 0 Å². The molecule has 43 heavy (non-hydrogen) atoms. The van der Waals surface area contributed by atoms with Crippen LogP contribution in [0.15, 0.2) is 23.4 Å². The van der Waals surface area contributed by atoms with Crippen LogP contribution in [-0.4, -0.2) is 60.6 Å². The van der Waals surface area contributed by atoms with Gasteiger partial charge in [-0.3, -0.25) is 9.69 Å². The van der Waals surface area contributed by atoms with E-state index in [9.17, 15) is 35.2 Å². The first-order valence-corrected chi connectivity index (χ1v) is 15.1. The lowest BCUT2D eigenvalue weighted by Gasteiger charge is -2.25. The SMILES string of the molecule is CCOCN(C(=O)CCl)c1c(C)cccc1CC.Cn1nc(C(F)(F)F)c(CS(=O)(=O)C2=NOC(C)(C)C2)c1OC(F)F. The van der Waals surface area contributed by atoms with Crippen molar-refractivity contribution in [3.63, 3.8) is 0 Å². The first-order chi connectivity index (χ1) is 19.9. The molecule has 242 valence electrons. The Morgan fingerprint density at radius 3 is 2.40 bits per heavy atom. The van der Waals surface area contributed by atoms with E-state index in [0.717, 1.165) is 30.3 Å². The number of nitrogens with zero attached hydrogens (tertiary/aromatic N) is 4. The van der Waals surface area contributed by atoms with Gasteiger partial charge in [0, 0.05) is 20.1 Å². The minimum atomic E-state index is -5.06.